The van der Waals surface area contributed by atoms with E-state index in [1.54, 1.807) is 26.5 Å². The van der Waals surface area contributed by atoms with Gasteiger partial charge < -0.3 is 39.6 Å². The molecule has 0 fully saturated rings. The third-order valence-corrected chi connectivity index (χ3v) is 6.60. The first-order valence-electron chi connectivity index (χ1n) is 13.2. The van der Waals surface area contributed by atoms with Crippen LogP contribution in [0.25, 0.3) is 16.7 Å². The van der Waals surface area contributed by atoms with Gasteiger partial charge in [-0.05, 0) is 63.5 Å². The lowest BCUT2D eigenvalue weighted by Gasteiger charge is -2.23. The number of aromatic nitrogens is 3. The first-order valence-corrected chi connectivity index (χ1v) is 13.2. The summed E-state index contributed by atoms with van der Waals surface area (Å²) in [5, 5.41) is 10.5. The number of nitrogens with one attached hydrogen (secondary N) is 3. The number of hydrogen-bond acceptors (Lipinski definition) is 9. The minimum atomic E-state index is -0.324. The molecule has 0 saturated heterocycles. The van der Waals surface area contributed by atoms with Crippen LogP contribution in [-0.4, -0.2) is 79.5 Å². The van der Waals surface area contributed by atoms with Gasteiger partial charge in [-0.15, -0.1) is 0 Å². The summed E-state index contributed by atoms with van der Waals surface area (Å²) in [5.41, 5.74) is 2.85. The zero-order valence-corrected chi connectivity index (χ0v) is 24.1. The molecular formula is C30H37N7O4. The van der Waals surface area contributed by atoms with Gasteiger partial charge in [-0.1, -0.05) is 6.58 Å². The Morgan fingerprint density at radius 2 is 1.93 bits per heavy atom. The molecule has 216 valence electrons. The quantitative estimate of drug-likeness (QED) is 0.150. The minimum Gasteiger partial charge on any atom is -0.494 e. The van der Waals surface area contributed by atoms with Gasteiger partial charge in [0.2, 0.25) is 11.9 Å². The molecule has 4 aromatic rings. The summed E-state index contributed by atoms with van der Waals surface area (Å²) in [6.07, 6.45) is 4.87. The van der Waals surface area contributed by atoms with E-state index >= 15 is 0 Å². The van der Waals surface area contributed by atoms with E-state index in [4.69, 9.17) is 19.2 Å². The van der Waals surface area contributed by atoms with Crippen LogP contribution in [0.1, 0.15) is 6.92 Å². The number of hydrogen-bond donors (Lipinski definition) is 3. The maximum Gasteiger partial charge on any atom is 0.247 e. The number of fused-ring (bicyclic) bond motifs is 1. The second-order valence-corrected chi connectivity index (χ2v) is 9.60. The van der Waals surface area contributed by atoms with E-state index < -0.39 is 0 Å². The van der Waals surface area contributed by atoms with Crippen LogP contribution in [0, 0.1) is 0 Å². The van der Waals surface area contributed by atoms with Crippen molar-refractivity contribution in [2.75, 3.05) is 64.0 Å². The van der Waals surface area contributed by atoms with Gasteiger partial charge in [-0.25, -0.2) is 4.98 Å². The highest BCUT2D eigenvalue weighted by atomic mass is 16.5. The SMILES string of the molecule is C=CC(=O)Nc1cc(Nc2nccc(-n3ccc4cc(OCCOC)ccc43)n2)c(OC)cc1NCC(C)N(C)C. The number of rotatable bonds is 14. The Hall–Kier alpha value is -4.61. The second kappa shape index (κ2) is 13.6. The monoisotopic (exact) mass is 559 g/mol. The lowest BCUT2D eigenvalue weighted by Crippen LogP contribution is -2.31. The molecule has 1 atom stereocenters. The van der Waals surface area contributed by atoms with Gasteiger partial charge in [-0.3, -0.25) is 4.79 Å². The third-order valence-electron chi connectivity index (χ3n) is 6.60. The van der Waals surface area contributed by atoms with Crippen molar-refractivity contribution in [3.63, 3.8) is 0 Å². The van der Waals surface area contributed by atoms with Crippen molar-refractivity contribution in [2.45, 2.75) is 13.0 Å². The van der Waals surface area contributed by atoms with Crippen LogP contribution in [0.15, 0.2) is 67.5 Å². The van der Waals surface area contributed by atoms with Crippen molar-refractivity contribution in [2.24, 2.45) is 0 Å². The van der Waals surface area contributed by atoms with Gasteiger partial charge in [-0.2, -0.15) is 4.98 Å². The van der Waals surface area contributed by atoms with Crippen LogP contribution in [0.3, 0.4) is 0 Å². The number of anilines is 4. The van der Waals surface area contributed by atoms with E-state index in [0.717, 1.165) is 22.3 Å². The fourth-order valence-electron chi connectivity index (χ4n) is 4.04. The van der Waals surface area contributed by atoms with Crippen molar-refractivity contribution in [3.8, 4) is 17.3 Å². The number of carbonyl (C=O) groups excluding carboxylic acids is 1. The first-order chi connectivity index (χ1) is 19.8. The highest BCUT2D eigenvalue weighted by Crippen LogP contribution is 2.36. The van der Waals surface area contributed by atoms with Crippen molar-refractivity contribution >= 4 is 39.8 Å². The van der Waals surface area contributed by atoms with Crippen molar-refractivity contribution in [1.29, 1.82) is 0 Å². The molecule has 0 bridgehead atoms. The van der Waals surface area contributed by atoms with Crippen LogP contribution in [-0.2, 0) is 9.53 Å². The van der Waals surface area contributed by atoms with Gasteiger partial charge in [0, 0.05) is 43.5 Å². The molecule has 2 aromatic heterocycles. The first kappa shape index (κ1) is 29.4. The number of amides is 1. The van der Waals surface area contributed by atoms with E-state index in [0.29, 0.717) is 48.6 Å². The maximum absolute atomic E-state index is 12.2. The highest BCUT2D eigenvalue weighted by molar-refractivity contribution is 6.02. The fourth-order valence-corrected chi connectivity index (χ4v) is 4.04. The van der Waals surface area contributed by atoms with E-state index in [2.05, 4.69) is 39.3 Å². The molecule has 1 amide bonds. The Morgan fingerprint density at radius 3 is 2.66 bits per heavy atom. The molecule has 0 aliphatic rings. The van der Waals surface area contributed by atoms with Crippen LogP contribution >= 0.6 is 0 Å². The summed E-state index contributed by atoms with van der Waals surface area (Å²) < 4.78 is 18.5. The Labute approximate surface area is 240 Å². The molecule has 2 heterocycles. The van der Waals surface area contributed by atoms with Crippen molar-refractivity contribution in [1.82, 2.24) is 19.4 Å². The van der Waals surface area contributed by atoms with E-state index in [9.17, 15) is 4.79 Å². The predicted octanol–water partition coefficient (Wildman–Crippen LogP) is 4.68. The van der Waals surface area contributed by atoms with E-state index in [1.807, 2.05) is 61.3 Å². The van der Waals surface area contributed by atoms with Crippen LogP contribution < -0.4 is 25.4 Å². The lowest BCUT2D eigenvalue weighted by atomic mass is 10.2. The molecular weight excluding hydrogens is 522 g/mol. The number of nitrogens with zero attached hydrogens (tertiary/aromatic N) is 4. The Morgan fingerprint density at radius 1 is 1.10 bits per heavy atom. The number of ether oxygens (including phenoxy) is 3. The number of carbonyl (C=O) groups is 1. The highest BCUT2D eigenvalue weighted by Gasteiger charge is 2.15. The Balaban J connectivity index is 1.61. The maximum atomic E-state index is 12.2. The predicted molar refractivity (Wildman–Crippen MR) is 163 cm³/mol. The molecule has 2 aromatic carbocycles. The average Bonchev–Trinajstić information content (AvgIpc) is 3.40. The zero-order chi connectivity index (χ0) is 29.4. The summed E-state index contributed by atoms with van der Waals surface area (Å²) >= 11 is 0. The largest absolute Gasteiger partial charge is 0.494 e. The van der Waals surface area contributed by atoms with Gasteiger partial charge >= 0.3 is 0 Å². The molecule has 11 heteroatoms. The fraction of sp³-hybridized carbons (Fsp3) is 0.300. The molecule has 0 aliphatic carbocycles. The summed E-state index contributed by atoms with van der Waals surface area (Å²) in [4.78, 5) is 23.5. The Kier molecular flexibility index (Phi) is 9.77. The topological polar surface area (TPSA) is 115 Å². The Bertz CT molecular complexity index is 1500. The molecule has 0 spiro atoms. The molecule has 1 unspecified atom stereocenters. The van der Waals surface area contributed by atoms with Gasteiger partial charge in [0.15, 0.2) is 0 Å². The molecule has 4 rings (SSSR count). The van der Waals surface area contributed by atoms with Crippen LogP contribution in [0.4, 0.5) is 23.0 Å². The van der Waals surface area contributed by atoms with Crippen molar-refractivity contribution < 1.29 is 19.0 Å². The molecule has 3 N–H and O–H groups in total. The molecule has 0 radical (unpaired) electrons. The van der Waals surface area contributed by atoms with E-state index in [-0.39, 0.29) is 11.9 Å². The normalized spacial score (nSPS) is 11.8. The zero-order valence-electron chi connectivity index (χ0n) is 24.1. The smallest absolute Gasteiger partial charge is 0.247 e. The standard InChI is InChI=1S/C30H37N7O4/c1-7-29(38)33-24-17-25(27(40-6)18-23(24)32-19-20(2)36(3)4)34-30-31-12-10-28(35-30)37-13-11-21-16-22(8-9-26(21)37)41-15-14-39-5/h7-13,16-18,20,32H,1,14-15,19H2,2-6H3,(H,33,38)(H,31,34,35). The summed E-state index contributed by atoms with van der Waals surface area (Å²) in [7, 11) is 7.26. The summed E-state index contributed by atoms with van der Waals surface area (Å²) in [5.74, 6) is 2.06. The van der Waals surface area contributed by atoms with Crippen LogP contribution in [0.5, 0.6) is 11.5 Å². The van der Waals surface area contributed by atoms with Gasteiger partial charge in [0.1, 0.15) is 23.9 Å². The molecule has 41 heavy (non-hydrogen) atoms. The number of likely N-dealkylation sites (N-methyl/N-ethyl adjacent to an activating group) is 1. The van der Waals surface area contributed by atoms with Crippen molar-refractivity contribution in [3.05, 3.63) is 67.5 Å². The molecule has 0 aliphatic heterocycles. The molecule has 11 nitrogen and oxygen atoms in total. The molecule has 0 saturated carbocycles. The number of benzene rings is 2. The number of methoxy groups -OCH3 is 2. The average molecular weight is 560 g/mol. The van der Waals surface area contributed by atoms with Crippen LogP contribution in [0.2, 0.25) is 0 Å². The van der Waals surface area contributed by atoms with E-state index in [1.165, 1.54) is 6.08 Å². The van der Waals surface area contributed by atoms with Gasteiger partial charge in [0.05, 0.1) is 36.3 Å². The summed E-state index contributed by atoms with van der Waals surface area (Å²) in [6.45, 7) is 7.35. The third kappa shape index (κ3) is 7.33. The summed E-state index contributed by atoms with van der Waals surface area (Å²) in [6, 6.07) is 13.6. The van der Waals surface area contributed by atoms with Gasteiger partial charge in [0.25, 0.3) is 0 Å². The minimum absolute atomic E-state index is 0.262. The lowest BCUT2D eigenvalue weighted by molar-refractivity contribution is -0.111. The second-order valence-electron chi connectivity index (χ2n) is 9.60.